The molecule has 0 radical (unpaired) electrons. The van der Waals surface area contributed by atoms with E-state index in [1.54, 1.807) is 6.92 Å². The lowest BCUT2D eigenvalue weighted by Gasteiger charge is -2.29. The van der Waals surface area contributed by atoms with Gasteiger partial charge in [0.2, 0.25) is 0 Å². The molecule has 33 heteroatoms. The van der Waals surface area contributed by atoms with Crippen LogP contribution in [0.2, 0.25) is 0 Å². The molecule has 560 valence electrons. The molecule has 1 unspecified atom stereocenters. The van der Waals surface area contributed by atoms with Crippen LogP contribution in [0.3, 0.4) is 0 Å². The number of hydrogen-bond acceptors (Lipinski definition) is 0. The minimum atomic E-state index is -5.24. The highest BCUT2D eigenvalue weighted by Crippen LogP contribution is 2.50. The van der Waals surface area contributed by atoms with Gasteiger partial charge in [-0.25, -0.2) is 0 Å². The Morgan fingerprint density at radius 2 is 0.511 bits per heavy atom. The molecule has 0 rings (SSSR count). The van der Waals surface area contributed by atoms with Gasteiger partial charge in [0.15, 0.2) is 16.7 Å². The van der Waals surface area contributed by atoms with Crippen LogP contribution in [0.4, 0.5) is 145 Å². The maximum atomic E-state index is 11.7. The normalized spacial score (nSPS) is 14.2. The third-order valence-electron chi connectivity index (χ3n) is 12.9. The number of alkyl halides is 33. The Kier molecular flexibility index (Phi) is 56.7. The van der Waals surface area contributed by atoms with Crippen molar-refractivity contribution in [1.29, 1.82) is 0 Å². The summed E-state index contributed by atoms with van der Waals surface area (Å²) in [7, 11) is 0. The smallest absolute Gasteiger partial charge is 0.171 e. The Morgan fingerprint density at radius 1 is 0.267 bits per heavy atom. The first-order valence-electron chi connectivity index (χ1n) is 28.6. The molecule has 0 aromatic carbocycles. The van der Waals surface area contributed by atoms with Gasteiger partial charge in [0, 0.05) is 12.8 Å². The van der Waals surface area contributed by atoms with Crippen LogP contribution in [-0.4, -0.2) is 67.9 Å². The Morgan fingerprint density at radius 3 is 0.600 bits per heavy atom. The zero-order chi connectivity index (χ0) is 75.9. The lowest BCUT2D eigenvalue weighted by molar-refractivity contribution is -0.328. The molecule has 90 heavy (non-hydrogen) atoms. The number of rotatable bonds is 13. The van der Waals surface area contributed by atoms with Gasteiger partial charge in [-0.3, -0.25) is 0 Å². The molecule has 0 bridgehead atoms. The fourth-order valence-corrected chi connectivity index (χ4v) is 3.36. The van der Waals surface area contributed by atoms with E-state index < -0.39 is 128 Å². The molecular weight excluding hydrogens is 1310 g/mol. The fourth-order valence-electron chi connectivity index (χ4n) is 3.36. The van der Waals surface area contributed by atoms with Crippen molar-refractivity contribution in [2.24, 2.45) is 57.7 Å². The van der Waals surface area contributed by atoms with Gasteiger partial charge in [-0.2, -0.15) is 145 Å². The summed E-state index contributed by atoms with van der Waals surface area (Å²) in [6, 6.07) is 0. The molecule has 0 saturated carbocycles. The number of halogens is 33. The molecule has 0 aromatic heterocycles. The van der Waals surface area contributed by atoms with Crippen LogP contribution in [0, 0.1) is 57.7 Å². The van der Waals surface area contributed by atoms with E-state index in [1.807, 2.05) is 6.92 Å². The van der Waals surface area contributed by atoms with Crippen LogP contribution in [0.25, 0.3) is 0 Å². The lowest BCUT2D eigenvalue weighted by atomic mass is 9.92. The van der Waals surface area contributed by atoms with Gasteiger partial charge in [0.05, 0.1) is 17.8 Å². The van der Waals surface area contributed by atoms with Gasteiger partial charge in [0.25, 0.3) is 0 Å². The number of hydrogen-bond donors (Lipinski definition) is 0. The van der Waals surface area contributed by atoms with Crippen molar-refractivity contribution in [2.45, 2.75) is 310 Å². The molecule has 0 aliphatic heterocycles. The molecule has 0 nitrogen and oxygen atoms in total. The highest BCUT2D eigenvalue weighted by molar-refractivity contribution is 4.85. The average molecular weight is 1410 g/mol. The zero-order valence-corrected chi connectivity index (χ0v) is 55.4. The van der Waals surface area contributed by atoms with Crippen molar-refractivity contribution in [3.8, 4) is 0 Å². The van der Waals surface area contributed by atoms with Gasteiger partial charge >= 0.3 is 67.9 Å². The predicted octanol–water partition coefficient (Wildman–Crippen LogP) is 29.2. The second-order valence-corrected chi connectivity index (χ2v) is 23.7. The maximum absolute atomic E-state index is 11.7. The highest BCUT2D eigenvalue weighted by atomic mass is 19.5. The molecule has 0 amide bonds. The average Bonchev–Trinajstić information content (AvgIpc) is 3.30. The van der Waals surface area contributed by atoms with Crippen LogP contribution in [-0.2, 0) is 0 Å². The van der Waals surface area contributed by atoms with E-state index in [9.17, 15) is 145 Å². The monoisotopic (exact) mass is 1410 g/mol. The summed E-state index contributed by atoms with van der Waals surface area (Å²) in [5, 5.41) is 0. The summed E-state index contributed by atoms with van der Waals surface area (Å²) < 4.78 is 382. The first-order valence-corrected chi connectivity index (χ1v) is 28.6. The summed E-state index contributed by atoms with van der Waals surface area (Å²) in [5.41, 5.74) is -6.71. The van der Waals surface area contributed by atoms with Crippen molar-refractivity contribution >= 4 is 0 Å². The Bertz CT molecular complexity index is 1510. The molecule has 0 heterocycles. The van der Waals surface area contributed by atoms with E-state index in [0.717, 1.165) is 31.1 Å². The van der Waals surface area contributed by atoms with E-state index in [2.05, 4.69) is 76.2 Å². The molecule has 0 aliphatic rings. The quantitative estimate of drug-likeness (QED) is 0.127. The van der Waals surface area contributed by atoms with Crippen LogP contribution in [0.5, 0.6) is 0 Å². The van der Waals surface area contributed by atoms with Crippen LogP contribution >= 0.6 is 0 Å². The minimum absolute atomic E-state index is 0.104. The van der Waals surface area contributed by atoms with Gasteiger partial charge < -0.3 is 0 Å². The van der Waals surface area contributed by atoms with E-state index in [1.165, 1.54) is 47.0 Å². The Labute approximate surface area is 512 Å². The molecule has 0 fully saturated rings. The second-order valence-electron chi connectivity index (χ2n) is 23.7. The van der Waals surface area contributed by atoms with Crippen molar-refractivity contribution in [3.63, 3.8) is 0 Å². The molecule has 0 aliphatic carbocycles. The van der Waals surface area contributed by atoms with Gasteiger partial charge in [-0.1, -0.05) is 170 Å². The molecule has 3 atom stereocenters. The summed E-state index contributed by atoms with van der Waals surface area (Å²) in [5.74, 6) is -4.71. The molecule has 0 N–H and O–H groups in total. The maximum Gasteiger partial charge on any atom is 0.402 e. The number of unbranched alkanes of at least 4 members (excludes halogenated alkanes) is 2. The highest BCUT2D eigenvalue weighted by Gasteiger charge is 2.65. The van der Waals surface area contributed by atoms with E-state index in [4.69, 9.17) is 0 Å². The predicted molar refractivity (Wildman–Crippen MR) is 288 cm³/mol. The van der Waals surface area contributed by atoms with Crippen molar-refractivity contribution < 1.29 is 145 Å². The largest absolute Gasteiger partial charge is 0.402 e. The van der Waals surface area contributed by atoms with E-state index >= 15 is 0 Å². The minimum Gasteiger partial charge on any atom is -0.171 e. The van der Waals surface area contributed by atoms with Gasteiger partial charge in [-0.05, 0) is 83.0 Å². The summed E-state index contributed by atoms with van der Waals surface area (Å²) in [4.78, 5) is 0. The molecule has 0 aromatic rings. The molecular formula is C57H101F33. The van der Waals surface area contributed by atoms with Crippen LogP contribution < -0.4 is 0 Å². The SMILES string of the molecule is CC(C)(C(F)(F)F)C(F)(F)F.CC(C)(C(F)(F)F)C(F)(F)F.CC(C)C(C)C.CCC(C)(C)C.CCC(C)C(F)(F)F.CCC(C)CC.CCCC(C(F)(F)F)C(F)(F)F.CCCCCC(F)(F)F.CCC[C@H](C)C(F)(F)F.C[C@@H](CCC(F)(F)F)C(F)(F)F. The van der Waals surface area contributed by atoms with Crippen LogP contribution in [0.15, 0.2) is 0 Å². The third kappa shape index (κ3) is 68.5. The zero-order valence-electron chi connectivity index (χ0n) is 55.4. The first-order chi connectivity index (χ1) is 38.9. The van der Waals surface area contributed by atoms with E-state index in [0.29, 0.717) is 18.3 Å². The topological polar surface area (TPSA) is 0 Å². The lowest BCUT2D eigenvalue weighted by Crippen LogP contribution is -2.44. The first kappa shape index (κ1) is 109. The Hall–Kier alpha value is -2.31. The third-order valence-corrected chi connectivity index (χ3v) is 12.9. The van der Waals surface area contributed by atoms with Crippen molar-refractivity contribution in [1.82, 2.24) is 0 Å². The van der Waals surface area contributed by atoms with E-state index in [-0.39, 0.29) is 53.4 Å². The van der Waals surface area contributed by atoms with Gasteiger partial charge in [-0.15, -0.1) is 0 Å². The fraction of sp³-hybridized carbons (Fsp3) is 1.00. The van der Waals surface area contributed by atoms with Crippen LogP contribution in [0.1, 0.15) is 242 Å². The van der Waals surface area contributed by atoms with Crippen molar-refractivity contribution in [3.05, 3.63) is 0 Å². The van der Waals surface area contributed by atoms with Gasteiger partial charge in [0.1, 0.15) is 0 Å². The summed E-state index contributed by atoms with van der Waals surface area (Å²) >= 11 is 0. The van der Waals surface area contributed by atoms with Crippen molar-refractivity contribution in [2.75, 3.05) is 0 Å². The molecule has 0 saturated heterocycles. The molecule has 0 spiro atoms. The summed E-state index contributed by atoms with van der Waals surface area (Å²) in [6.07, 6.45) is -49.5. The second kappa shape index (κ2) is 46.7. The Balaban J connectivity index is -0.0000000997. The standard InChI is InChI=1S/2C6H8F6.2C6H11F3.3C6H14.2C5H6F6.C5H9F3/c1-4(6(10,11)12)2-3-5(7,8)9;1-2-3-4(5(7,8)9)6(10,11)12;1-3-4-5(2)6(7,8)9;1-2-3-4-5-6(7,8)9;1-5-6(2,3)4;1-5(2)6(3)4;1-4-6(3)5-2;2*1-3(2,4(6,7)8)5(9,10)11;1-3-4(2)5(6,7)8/h2*4H,2-3H2,1H3;5H,3-4H2,1-2H3;2-5H2,1H3;5H2,1-4H3;5-6H,1-4H3;6H,4-5H2,1-3H3;2*1-2H3;4H,3H2,1-2H3/t4-;;5-;;;;;;;/m0.0......./s1. The summed E-state index contributed by atoms with van der Waals surface area (Å²) in [6.45, 7) is 34.6.